The van der Waals surface area contributed by atoms with E-state index >= 15 is 0 Å². The Morgan fingerprint density at radius 1 is 1.44 bits per heavy atom. The van der Waals surface area contributed by atoms with Gasteiger partial charge in [-0.3, -0.25) is 4.90 Å². The molecule has 1 aromatic carbocycles. The smallest absolute Gasteiger partial charge is 0.0771 e. The molecule has 0 aliphatic carbocycles. The molecular weight excluding hydrogens is 287 g/mol. The van der Waals surface area contributed by atoms with Gasteiger partial charge in [-0.05, 0) is 31.0 Å². The monoisotopic (exact) mass is 302 g/mol. The molecule has 1 aliphatic rings. The predicted octanol–water partition coefficient (Wildman–Crippen LogP) is 3.49. The van der Waals surface area contributed by atoms with Crippen molar-refractivity contribution in [3.05, 3.63) is 33.8 Å². The van der Waals surface area contributed by atoms with Gasteiger partial charge in [0.05, 0.1) is 15.0 Å². The van der Waals surface area contributed by atoms with E-state index in [-0.39, 0.29) is 0 Å². The second-order valence-corrected chi connectivity index (χ2v) is 5.95. The summed E-state index contributed by atoms with van der Waals surface area (Å²) < 4.78 is 0. The molecule has 5 heteroatoms. The number of nitrogens with zero attached hydrogens (tertiary/aromatic N) is 1. The van der Waals surface area contributed by atoms with Crippen LogP contribution in [0.5, 0.6) is 0 Å². The summed E-state index contributed by atoms with van der Waals surface area (Å²) in [6.07, 6.45) is 2.22. The molecule has 2 rings (SSSR count). The van der Waals surface area contributed by atoms with Gasteiger partial charge in [0, 0.05) is 19.0 Å². The fraction of sp³-hybridized carbons (Fsp3) is 0.462. The van der Waals surface area contributed by atoms with E-state index in [0.717, 1.165) is 38.0 Å². The van der Waals surface area contributed by atoms with Gasteiger partial charge in [0.15, 0.2) is 0 Å². The summed E-state index contributed by atoms with van der Waals surface area (Å²) in [6, 6.07) is 5.75. The first kappa shape index (κ1) is 14.1. The first-order chi connectivity index (χ1) is 8.58. The molecular formula is C13H16Cl2N2S. The lowest BCUT2D eigenvalue weighted by Gasteiger charge is -2.32. The van der Waals surface area contributed by atoms with Crippen LogP contribution in [-0.4, -0.2) is 23.0 Å². The molecule has 18 heavy (non-hydrogen) atoms. The lowest BCUT2D eigenvalue weighted by Crippen LogP contribution is -2.40. The highest BCUT2D eigenvalue weighted by atomic mass is 35.5. The van der Waals surface area contributed by atoms with Crippen molar-refractivity contribution in [2.75, 3.05) is 13.1 Å². The molecule has 0 amide bonds. The first-order valence-corrected chi connectivity index (χ1v) is 7.19. The van der Waals surface area contributed by atoms with Crippen LogP contribution in [0, 0.1) is 5.92 Å². The van der Waals surface area contributed by atoms with Crippen molar-refractivity contribution in [3.8, 4) is 0 Å². The minimum atomic E-state index is 0.326. The van der Waals surface area contributed by atoms with Crippen molar-refractivity contribution in [2.45, 2.75) is 19.4 Å². The van der Waals surface area contributed by atoms with E-state index in [2.05, 4.69) is 4.90 Å². The van der Waals surface area contributed by atoms with E-state index in [4.69, 9.17) is 41.2 Å². The Bertz CT molecular complexity index is 451. The number of halogens is 2. The Balaban J connectivity index is 2.05. The van der Waals surface area contributed by atoms with Crippen LogP contribution in [0.15, 0.2) is 18.2 Å². The largest absolute Gasteiger partial charge is 0.393 e. The summed E-state index contributed by atoms with van der Waals surface area (Å²) in [6.45, 7) is 2.78. The predicted molar refractivity (Wildman–Crippen MR) is 81.2 cm³/mol. The van der Waals surface area contributed by atoms with Crippen molar-refractivity contribution in [3.63, 3.8) is 0 Å². The molecule has 1 aromatic rings. The third kappa shape index (κ3) is 3.35. The quantitative estimate of drug-likeness (QED) is 0.867. The zero-order valence-electron chi connectivity index (χ0n) is 10.0. The standard InChI is InChI=1S/C13H16Cl2N2S/c14-11-5-1-3-9(12(11)15)7-17-6-2-4-10(8-17)13(16)18/h1,3,5,10H,2,4,6-8H2,(H2,16,18). The molecule has 0 bridgehead atoms. The molecule has 1 aliphatic heterocycles. The van der Waals surface area contributed by atoms with E-state index in [1.54, 1.807) is 6.07 Å². The van der Waals surface area contributed by atoms with Crippen LogP contribution in [-0.2, 0) is 6.54 Å². The summed E-state index contributed by atoms with van der Waals surface area (Å²) in [5, 5.41) is 1.26. The van der Waals surface area contributed by atoms with Crippen LogP contribution in [0.1, 0.15) is 18.4 Å². The normalized spacial score (nSPS) is 20.9. The third-order valence-electron chi connectivity index (χ3n) is 3.33. The van der Waals surface area contributed by atoms with Gasteiger partial charge in [0.2, 0.25) is 0 Å². The highest BCUT2D eigenvalue weighted by Crippen LogP contribution is 2.28. The van der Waals surface area contributed by atoms with E-state index in [0.29, 0.717) is 21.0 Å². The molecule has 98 valence electrons. The summed E-state index contributed by atoms with van der Waals surface area (Å²) in [5.74, 6) is 0.326. The average molecular weight is 303 g/mol. The fourth-order valence-electron chi connectivity index (χ4n) is 2.34. The Morgan fingerprint density at radius 2 is 2.22 bits per heavy atom. The first-order valence-electron chi connectivity index (χ1n) is 6.02. The molecule has 0 radical (unpaired) electrons. The van der Waals surface area contributed by atoms with Crippen LogP contribution in [0.3, 0.4) is 0 Å². The van der Waals surface area contributed by atoms with Gasteiger partial charge in [-0.2, -0.15) is 0 Å². The average Bonchev–Trinajstić information content (AvgIpc) is 2.35. The molecule has 1 fully saturated rings. The SMILES string of the molecule is NC(=S)C1CCCN(Cc2cccc(Cl)c2Cl)C1. The maximum Gasteiger partial charge on any atom is 0.0771 e. The number of rotatable bonds is 3. The van der Waals surface area contributed by atoms with Gasteiger partial charge in [0.25, 0.3) is 0 Å². The lowest BCUT2D eigenvalue weighted by atomic mass is 9.97. The van der Waals surface area contributed by atoms with Crippen LogP contribution < -0.4 is 5.73 Å². The number of likely N-dealkylation sites (tertiary alicyclic amines) is 1. The van der Waals surface area contributed by atoms with Crippen molar-refractivity contribution in [1.29, 1.82) is 0 Å². The second kappa shape index (κ2) is 6.20. The molecule has 2 nitrogen and oxygen atoms in total. The van der Waals surface area contributed by atoms with Crippen molar-refractivity contribution in [2.24, 2.45) is 11.7 Å². The Labute approximate surface area is 123 Å². The van der Waals surface area contributed by atoms with Gasteiger partial charge in [0.1, 0.15) is 0 Å². The lowest BCUT2D eigenvalue weighted by molar-refractivity contribution is 0.197. The van der Waals surface area contributed by atoms with E-state index < -0.39 is 0 Å². The van der Waals surface area contributed by atoms with Gasteiger partial charge in [-0.15, -0.1) is 0 Å². The molecule has 0 aromatic heterocycles. The Morgan fingerprint density at radius 3 is 2.94 bits per heavy atom. The minimum absolute atomic E-state index is 0.326. The Hall–Kier alpha value is -0.350. The molecule has 0 spiro atoms. The van der Waals surface area contributed by atoms with Gasteiger partial charge < -0.3 is 5.73 Å². The van der Waals surface area contributed by atoms with Crippen molar-refractivity contribution in [1.82, 2.24) is 4.90 Å². The number of hydrogen-bond acceptors (Lipinski definition) is 2. The van der Waals surface area contributed by atoms with Gasteiger partial charge in [-0.1, -0.05) is 47.6 Å². The van der Waals surface area contributed by atoms with E-state index in [1.165, 1.54) is 0 Å². The molecule has 1 saturated heterocycles. The molecule has 1 unspecified atom stereocenters. The zero-order chi connectivity index (χ0) is 13.1. The van der Waals surface area contributed by atoms with Crippen LogP contribution in [0.2, 0.25) is 10.0 Å². The van der Waals surface area contributed by atoms with E-state index in [9.17, 15) is 0 Å². The van der Waals surface area contributed by atoms with Crippen LogP contribution >= 0.6 is 35.4 Å². The highest BCUT2D eigenvalue weighted by Gasteiger charge is 2.22. The number of thiocarbonyl (C=S) groups is 1. The molecule has 1 heterocycles. The van der Waals surface area contributed by atoms with Gasteiger partial charge >= 0.3 is 0 Å². The molecule has 2 N–H and O–H groups in total. The Kier molecular flexibility index (Phi) is 4.84. The second-order valence-electron chi connectivity index (χ2n) is 4.69. The highest BCUT2D eigenvalue weighted by molar-refractivity contribution is 7.80. The van der Waals surface area contributed by atoms with Crippen molar-refractivity contribution < 1.29 is 0 Å². The van der Waals surface area contributed by atoms with Gasteiger partial charge in [-0.25, -0.2) is 0 Å². The minimum Gasteiger partial charge on any atom is -0.393 e. The summed E-state index contributed by atoms with van der Waals surface area (Å²) in [7, 11) is 0. The topological polar surface area (TPSA) is 29.3 Å². The number of nitrogens with two attached hydrogens (primary N) is 1. The fourth-order valence-corrected chi connectivity index (χ4v) is 2.92. The maximum atomic E-state index is 6.20. The summed E-state index contributed by atoms with van der Waals surface area (Å²) in [4.78, 5) is 2.96. The van der Waals surface area contributed by atoms with E-state index in [1.807, 2.05) is 12.1 Å². The number of piperidine rings is 1. The van der Waals surface area contributed by atoms with Crippen LogP contribution in [0.4, 0.5) is 0 Å². The molecule has 1 atom stereocenters. The zero-order valence-corrected chi connectivity index (χ0v) is 12.4. The number of hydrogen-bond donors (Lipinski definition) is 1. The molecule has 0 saturated carbocycles. The summed E-state index contributed by atoms with van der Waals surface area (Å²) in [5.41, 5.74) is 6.80. The third-order valence-corrected chi connectivity index (χ3v) is 4.52. The van der Waals surface area contributed by atoms with Crippen LogP contribution in [0.25, 0.3) is 0 Å². The maximum absolute atomic E-state index is 6.20. The summed E-state index contributed by atoms with van der Waals surface area (Å²) >= 11 is 17.3. The number of benzene rings is 1. The van der Waals surface area contributed by atoms with Crippen molar-refractivity contribution >= 4 is 40.4 Å².